The molecular weight excluding hydrogens is 198 g/mol. The van der Waals surface area contributed by atoms with Crippen LogP contribution in [0.4, 0.5) is 0 Å². The summed E-state index contributed by atoms with van der Waals surface area (Å²) in [5.74, 6) is 0.714. The molecule has 0 radical (unpaired) electrons. The molecule has 4 heteroatoms. The van der Waals surface area contributed by atoms with Gasteiger partial charge in [0.25, 0.3) is 0 Å². The molecule has 78 valence electrons. The molecule has 0 spiro atoms. The molecule has 0 amide bonds. The van der Waals surface area contributed by atoms with E-state index in [-0.39, 0.29) is 0 Å². The van der Waals surface area contributed by atoms with Crippen molar-refractivity contribution in [3.8, 4) is 0 Å². The first-order valence-electron chi connectivity index (χ1n) is 4.95. The Morgan fingerprint density at radius 1 is 1.71 bits per heavy atom. The molecule has 1 aliphatic heterocycles. The molecule has 1 N–H and O–H groups in total. The van der Waals surface area contributed by atoms with Gasteiger partial charge in [-0.3, -0.25) is 0 Å². The molecule has 2 heterocycles. The van der Waals surface area contributed by atoms with E-state index in [2.05, 4.69) is 11.3 Å². The van der Waals surface area contributed by atoms with Crippen LogP contribution < -0.4 is 0 Å². The summed E-state index contributed by atoms with van der Waals surface area (Å²) in [6.07, 6.45) is 0.514. The highest BCUT2D eigenvalue weighted by Gasteiger charge is 2.30. The van der Waals surface area contributed by atoms with Crippen LogP contribution in [0.3, 0.4) is 0 Å². The average Bonchev–Trinajstić information content (AvgIpc) is 2.70. The van der Waals surface area contributed by atoms with Gasteiger partial charge >= 0.3 is 0 Å². The summed E-state index contributed by atoms with van der Waals surface area (Å²) in [5, 5.41) is 12.0. The number of rotatable bonds is 2. The lowest BCUT2D eigenvalue weighted by Crippen LogP contribution is -2.30. The highest BCUT2D eigenvalue weighted by Crippen LogP contribution is 2.33. The van der Waals surface area contributed by atoms with Gasteiger partial charge in [0, 0.05) is 18.6 Å². The van der Waals surface area contributed by atoms with Gasteiger partial charge in [0.2, 0.25) is 0 Å². The largest absolute Gasteiger partial charge is 0.386 e. The number of hydrogen-bond donors (Lipinski definition) is 1. The maximum atomic E-state index is 10.1. The number of nitrogens with zero attached hydrogens (tertiary/aromatic N) is 1. The van der Waals surface area contributed by atoms with Gasteiger partial charge in [-0.05, 0) is 35.9 Å². The monoisotopic (exact) mass is 213 g/mol. The standard InChI is InChI=1S/C10H15NO2S/c1-7-6-13-4-2-8(7)10(12)9-3-5-14-11-9/h3,5,7-8,10,12H,2,4,6H2,1H3. The summed E-state index contributed by atoms with van der Waals surface area (Å²) in [6.45, 7) is 3.64. The van der Waals surface area contributed by atoms with Crippen molar-refractivity contribution < 1.29 is 9.84 Å². The summed E-state index contributed by atoms with van der Waals surface area (Å²) in [5.41, 5.74) is 0.814. The van der Waals surface area contributed by atoms with Gasteiger partial charge < -0.3 is 9.84 Å². The van der Waals surface area contributed by atoms with Gasteiger partial charge in [-0.15, -0.1) is 0 Å². The zero-order chi connectivity index (χ0) is 9.97. The van der Waals surface area contributed by atoms with Crippen molar-refractivity contribution in [2.24, 2.45) is 11.8 Å². The Kier molecular flexibility index (Phi) is 3.15. The Hall–Kier alpha value is -0.450. The number of ether oxygens (including phenoxy) is 1. The fourth-order valence-corrected chi connectivity index (χ4v) is 2.51. The minimum absolute atomic E-state index is 0.297. The van der Waals surface area contributed by atoms with Gasteiger partial charge in [0.05, 0.1) is 5.69 Å². The van der Waals surface area contributed by atoms with Gasteiger partial charge in [0.1, 0.15) is 6.10 Å². The van der Waals surface area contributed by atoms with Crippen LogP contribution in [0.5, 0.6) is 0 Å². The van der Waals surface area contributed by atoms with E-state index in [0.717, 1.165) is 25.3 Å². The molecule has 14 heavy (non-hydrogen) atoms. The van der Waals surface area contributed by atoms with E-state index in [0.29, 0.717) is 11.8 Å². The Morgan fingerprint density at radius 2 is 2.57 bits per heavy atom. The highest BCUT2D eigenvalue weighted by atomic mass is 32.1. The first-order valence-corrected chi connectivity index (χ1v) is 5.79. The predicted octanol–water partition coefficient (Wildman–Crippen LogP) is 1.85. The topological polar surface area (TPSA) is 42.4 Å². The van der Waals surface area contributed by atoms with Gasteiger partial charge in [0.15, 0.2) is 0 Å². The summed E-state index contributed by atoms with van der Waals surface area (Å²) < 4.78 is 9.53. The molecule has 3 unspecified atom stereocenters. The summed E-state index contributed by atoms with van der Waals surface area (Å²) >= 11 is 1.39. The van der Waals surface area contributed by atoms with E-state index < -0.39 is 6.10 Å². The Labute approximate surface area is 87.9 Å². The van der Waals surface area contributed by atoms with E-state index in [9.17, 15) is 5.11 Å². The van der Waals surface area contributed by atoms with Gasteiger partial charge in [-0.1, -0.05) is 6.92 Å². The number of aliphatic hydroxyl groups excluding tert-OH is 1. The molecule has 1 aliphatic rings. The first kappa shape index (κ1) is 10.1. The molecule has 0 aliphatic carbocycles. The molecular formula is C10H15NO2S. The number of aliphatic hydroxyl groups is 1. The fraction of sp³-hybridized carbons (Fsp3) is 0.700. The van der Waals surface area contributed by atoms with E-state index in [1.165, 1.54) is 11.5 Å². The van der Waals surface area contributed by atoms with Crippen molar-refractivity contribution in [2.75, 3.05) is 13.2 Å². The number of hydrogen-bond acceptors (Lipinski definition) is 4. The van der Waals surface area contributed by atoms with Crippen molar-refractivity contribution in [1.82, 2.24) is 4.37 Å². The molecule has 1 aromatic rings. The van der Waals surface area contributed by atoms with Crippen LogP contribution >= 0.6 is 11.5 Å². The molecule has 3 atom stereocenters. The van der Waals surface area contributed by atoms with Gasteiger partial charge in [-0.2, -0.15) is 4.37 Å². The maximum absolute atomic E-state index is 10.1. The predicted molar refractivity (Wildman–Crippen MR) is 55.2 cm³/mol. The summed E-state index contributed by atoms with van der Waals surface area (Å²) in [4.78, 5) is 0. The van der Waals surface area contributed by atoms with Crippen LogP contribution in [0.2, 0.25) is 0 Å². The van der Waals surface area contributed by atoms with Crippen LogP contribution in [-0.2, 0) is 4.74 Å². The average molecular weight is 213 g/mol. The van der Waals surface area contributed by atoms with Crippen molar-refractivity contribution >= 4 is 11.5 Å². The Morgan fingerprint density at radius 3 is 3.21 bits per heavy atom. The zero-order valence-electron chi connectivity index (χ0n) is 8.22. The molecule has 0 bridgehead atoms. The second kappa shape index (κ2) is 4.38. The molecule has 0 aromatic carbocycles. The molecule has 1 fully saturated rings. The summed E-state index contributed by atoms with van der Waals surface area (Å²) in [7, 11) is 0. The smallest absolute Gasteiger partial charge is 0.100 e. The molecule has 0 saturated carbocycles. The minimum atomic E-state index is -0.417. The van der Waals surface area contributed by atoms with Crippen LogP contribution in [-0.4, -0.2) is 22.7 Å². The third-order valence-corrected chi connectivity index (χ3v) is 3.45. The van der Waals surface area contributed by atoms with Crippen molar-refractivity contribution in [3.63, 3.8) is 0 Å². The lowest BCUT2D eigenvalue weighted by molar-refractivity contribution is -0.0320. The third kappa shape index (κ3) is 1.97. The van der Waals surface area contributed by atoms with Crippen LogP contribution in [0.15, 0.2) is 11.4 Å². The minimum Gasteiger partial charge on any atom is -0.386 e. The SMILES string of the molecule is CC1COCCC1C(O)c1ccsn1. The van der Waals surface area contributed by atoms with Crippen molar-refractivity contribution in [3.05, 3.63) is 17.1 Å². The number of aromatic nitrogens is 1. The molecule has 3 nitrogen and oxygen atoms in total. The van der Waals surface area contributed by atoms with Crippen LogP contribution in [0.25, 0.3) is 0 Å². The molecule has 2 rings (SSSR count). The second-order valence-electron chi connectivity index (χ2n) is 3.87. The van der Waals surface area contributed by atoms with Crippen molar-refractivity contribution in [1.29, 1.82) is 0 Å². The second-order valence-corrected chi connectivity index (χ2v) is 4.54. The molecule has 1 aromatic heterocycles. The fourth-order valence-electron chi connectivity index (χ4n) is 1.96. The van der Waals surface area contributed by atoms with Crippen LogP contribution in [0.1, 0.15) is 25.1 Å². The highest BCUT2D eigenvalue weighted by molar-refractivity contribution is 7.03. The lowest BCUT2D eigenvalue weighted by Gasteiger charge is -2.31. The normalized spacial score (nSPS) is 30.1. The lowest BCUT2D eigenvalue weighted by atomic mass is 9.84. The first-order chi connectivity index (χ1) is 6.79. The summed E-state index contributed by atoms with van der Waals surface area (Å²) in [6, 6.07) is 1.90. The Balaban J connectivity index is 2.06. The van der Waals surface area contributed by atoms with E-state index in [1.807, 2.05) is 11.4 Å². The van der Waals surface area contributed by atoms with Crippen molar-refractivity contribution in [2.45, 2.75) is 19.4 Å². The van der Waals surface area contributed by atoms with Gasteiger partial charge in [-0.25, -0.2) is 0 Å². The van der Waals surface area contributed by atoms with E-state index in [1.54, 1.807) is 0 Å². The molecule has 1 saturated heterocycles. The van der Waals surface area contributed by atoms with Crippen LogP contribution in [0, 0.1) is 11.8 Å². The van der Waals surface area contributed by atoms with E-state index >= 15 is 0 Å². The zero-order valence-corrected chi connectivity index (χ0v) is 9.04. The maximum Gasteiger partial charge on any atom is 0.100 e. The third-order valence-electron chi connectivity index (χ3n) is 2.87. The Bertz CT molecular complexity index is 276. The quantitative estimate of drug-likeness (QED) is 0.815. The van der Waals surface area contributed by atoms with E-state index in [4.69, 9.17) is 4.74 Å².